The first-order valence-electron chi connectivity index (χ1n) is 9.48. The van der Waals surface area contributed by atoms with Crippen molar-refractivity contribution in [3.8, 4) is 0 Å². The van der Waals surface area contributed by atoms with Crippen molar-refractivity contribution in [2.24, 2.45) is 34.5 Å². The van der Waals surface area contributed by atoms with Crippen molar-refractivity contribution in [2.75, 3.05) is 7.11 Å². The zero-order valence-corrected chi connectivity index (χ0v) is 14.9. The Bertz CT molecular complexity index is 700. The van der Waals surface area contributed by atoms with Gasteiger partial charge in [-0.3, -0.25) is 9.59 Å². The van der Waals surface area contributed by atoms with Gasteiger partial charge in [-0.2, -0.15) is 0 Å². The van der Waals surface area contributed by atoms with Crippen molar-refractivity contribution < 1.29 is 24.2 Å². The van der Waals surface area contributed by atoms with E-state index in [-0.39, 0.29) is 29.2 Å². The molecule has 1 heterocycles. The summed E-state index contributed by atoms with van der Waals surface area (Å²) >= 11 is 0. The smallest absolute Gasteiger partial charge is 0.315 e. The molecule has 1 aliphatic heterocycles. The van der Waals surface area contributed by atoms with Crippen LogP contribution in [0.5, 0.6) is 0 Å². The lowest BCUT2D eigenvalue weighted by atomic mass is 9.59. The van der Waals surface area contributed by atoms with Crippen LogP contribution in [0.15, 0.2) is 12.2 Å². The molecule has 5 nitrogen and oxygen atoms in total. The number of carbonyl (C=O) groups is 2. The first kappa shape index (κ1) is 15.9. The summed E-state index contributed by atoms with van der Waals surface area (Å²) in [6.07, 6.45) is 4.24. The van der Waals surface area contributed by atoms with Gasteiger partial charge in [0.25, 0.3) is 0 Å². The number of rotatable bonds is 1. The number of esters is 2. The lowest BCUT2D eigenvalue weighted by molar-refractivity contribution is -0.163. The standard InChI is InChI=1S/C20H26O5/c1-10-8-19-9-11(10)4-5-12(19)20-7-6-13(21)18(2,17(23)25-20)15(20)14(19)16(22)24-3/h11-15,21H,1,4-9H2,2-3H3/t11-,12-,13+,14-,15-,18+,19+,20-/m1/s1. The third-order valence-electron chi connectivity index (χ3n) is 8.65. The van der Waals surface area contributed by atoms with Crippen LogP contribution in [0.4, 0.5) is 0 Å². The van der Waals surface area contributed by atoms with Crippen LogP contribution in [0, 0.1) is 34.5 Å². The largest absolute Gasteiger partial charge is 0.469 e. The van der Waals surface area contributed by atoms with Crippen molar-refractivity contribution >= 4 is 11.9 Å². The number of hydrogen-bond donors (Lipinski definition) is 1. The van der Waals surface area contributed by atoms with Gasteiger partial charge in [0, 0.05) is 11.8 Å². The average Bonchev–Trinajstić information content (AvgIpc) is 3.05. The van der Waals surface area contributed by atoms with E-state index in [1.807, 2.05) is 0 Å². The fourth-order valence-electron chi connectivity index (χ4n) is 7.77. The monoisotopic (exact) mass is 346 g/mol. The maximum atomic E-state index is 13.0. The molecule has 1 saturated heterocycles. The lowest BCUT2D eigenvalue weighted by Crippen LogP contribution is -2.53. The summed E-state index contributed by atoms with van der Waals surface area (Å²) < 4.78 is 11.3. The van der Waals surface area contributed by atoms with Crippen LogP contribution in [0.1, 0.15) is 45.4 Å². The Morgan fingerprint density at radius 2 is 2.12 bits per heavy atom. The van der Waals surface area contributed by atoms with Gasteiger partial charge in [-0.05, 0) is 56.8 Å². The molecule has 4 saturated carbocycles. The van der Waals surface area contributed by atoms with E-state index in [0.29, 0.717) is 18.8 Å². The molecule has 5 fully saturated rings. The van der Waals surface area contributed by atoms with Crippen LogP contribution in [0.25, 0.3) is 0 Å². The lowest BCUT2D eigenvalue weighted by Gasteiger charge is -2.44. The van der Waals surface area contributed by atoms with E-state index in [1.54, 1.807) is 6.92 Å². The van der Waals surface area contributed by atoms with Gasteiger partial charge in [0.05, 0.1) is 24.5 Å². The minimum absolute atomic E-state index is 0.169. The zero-order chi connectivity index (χ0) is 17.8. The van der Waals surface area contributed by atoms with Crippen LogP contribution >= 0.6 is 0 Å². The van der Waals surface area contributed by atoms with E-state index in [0.717, 1.165) is 25.7 Å². The van der Waals surface area contributed by atoms with E-state index < -0.39 is 23.0 Å². The third kappa shape index (κ3) is 1.48. The molecule has 0 aromatic heterocycles. The number of methoxy groups -OCH3 is 1. The van der Waals surface area contributed by atoms with Gasteiger partial charge >= 0.3 is 11.9 Å². The highest BCUT2D eigenvalue weighted by Gasteiger charge is 2.83. The number of hydrogen-bond acceptors (Lipinski definition) is 5. The van der Waals surface area contributed by atoms with Gasteiger partial charge in [0.15, 0.2) is 0 Å². The second-order valence-corrected chi connectivity index (χ2v) is 9.26. The summed E-state index contributed by atoms with van der Waals surface area (Å²) in [7, 11) is 1.43. The van der Waals surface area contributed by atoms with E-state index in [4.69, 9.17) is 9.47 Å². The molecule has 5 aliphatic rings. The first-order valence-corrected chi connectivity index (χ1v) is 9.48. The van der Waals surface area contributed by atoms with Crippen molar-refractivity contribution in [1.29, 1.82) is 0 Å². The van der Waals surface area contributed by atoms with Gasteiger partial charge in [-0.25, -0.2) is 0 Å². The Kier molecular flexibility index (Phi) is 2.84. The molecule has 5 rings (SSSR count). The Labute approximate surface area is 147 Å². The topological polar surface area (TPSA) is 72.8 Å². The SMILES string of the molecule is C=C1C[C@]23C[C@H]1CC[C@H]2[C@@]12CC[C@H](O)[C@](C)(C(=O)O1)[C@H]2[C@@H]3C(=O)OC. The molecule has 25 heavy (non-hydrogen) atoms. The molecular weight excluding hydrogens is 320 g/mol. The van der Waals surface area contributed by atoms with E-state index >= 15 is 0 Å². The molecule has 8 atom stereocenters. The quantitative estimate of drug-likeness (QED) is 0.582. The molecular formula is C20H26O5. The highest BCUT2D eigenvalue weighted by molar-refractivity contribution is 5.85. The van der Waals surface area contributed by atoms with Gasteiger partial charge in [0.1, 0.15) is 5.60 Å². The predicted molar refractivity (Wildman–Crippen MR) is 88.2 cm³/mol. The summed E-state index contributed by atoms with van der Waals surface area (Å²) in [6, 6.07) is 0. The number of fused-ring (bicyclic) bond motifs is 1. The molecule has 0 unspecified atom stereocenters. The summed E-state index contributed by atoms with van der Waals surface area (Å²) in [6.45, 7) is 6.09. The van der Waals surface area contributed by atoms with Crippen LogP contribution in [0.3, 0.4) is 0 Å². The Morgan fingerprint density at radius 3 is 2.84 bits per heavy atom. The summed E-state index contributed by atoms with van der Waals surface area (Å²) in [4.78, 5) is 25.8. The molecule has 1 spiro atoms. The molecule has 0 amide bonds. The van der Waals surface area contributed by atoms with Crippen LogP contribution in [-0.4, -0.2) is 35.9 Å². The number of ether oxygens (including phenoxy) is 2. The number of allylic oxidation sites excluding steroid dienone is 1. The molecule has 0 aromatic carbocycles. The number of aliphatic hydroxyl groups excluding tert-OH is 1. The van der Waals surface area contributed by atoms with Crippen LogP contribution in [0.2, 0.25) is 0 Å². The van der Waals surface area contributed by atoms with Crippen molar-refractivity contribution in [1.82, 2.24) is 0 Å². The van der Waals surface area contributed by atoms with Crippen molar-refractivity contribution in [3.05, 3.63) is 12.2 Å². The van der Waals surface area contributed by atoms with Crippen molar-refractivity contribution in [3.63, 3.8) is 0 Å². The minimum Gasteiger partial charge on any atom is -0.469 e. The van der Waals surface area contributed by atoms with Gasteiger partial charge in [-0.1, -0.05) is 12.2 Å². The second kappa shape index (κ2) is 4.48. The number of carbonyl (C=O) groups excluding carboxylic acids is 2. The Morgan fingerprint density at radius 1 is 1.36 bits per heavy atom. The van der Waals surface area contributed by atoms with Gasteiger partial charge in [-0.15, -0.1) is 0 Å². The van der Waals surface area contributed by atoms with Gasteiger partial charge < -0.3 is 14.6 Å². The molecule has 136 valence electrons. The summed E-state index contributed by atoms with van der Waals surface area (Å²) in [5.74, 6) is -0.625. The molecule has 1 N–H and O–H groups in total. The van der Waals surface area contributed by atoms with E-state index in [9.17, 15) is 14.7 Å². The van der Waals surface area contributed by atoms with Gasteiger partial charge in [0.2, 0.25) is 0 Å². The maximum absolute atomic E-state index is 13.0. The summed E-state index contributed by atoms with van der Waals surface area (Å²) in [5, 5.41) is 10.7. The highest BCUT2D eigenvalue weighted by Crippen LogP contribution is 2.77. The molecule has 4 bridgehead atoms. The van der Waals surface area contributed by atoms with Crippen molar-refractivity contribution in [2.45, 2.75) is 57.2 Å². The normalized spacial score (nSPS) is 55.6. The number of aliphatic hydroxyl groups is 1. The predicted octanol–water partition coefficient (Wildman–Crippen LogP) is 2.22. The Hall–Kier alpha value is -1.36. The third-order valence-corrected chi connectivity index (χ3v) is 8.65. The zero-order valence-electron chi connectivity index (χ0n) is 14.9. The van der Waals surface area contributed by atoms with E-state index in [1.165, 1.54) is 12.7 Å². The highest BCUT2D eigenvalue weighted by atomic mass is 16.6. The molecule has 5 heteroatoms. The first-order chi connectivity index (χ1) is 11.8. The average molecular weight is 346 g/mol. The fraction of sp³-hybridized carbons (Fsp3) is 0.800. The van der Waals surface area contributed by atoms with Crippen LogP contribution < -0.4 is 0 Å². The minimum atomic E-state index is -1.01. The van der Waals surface area contributed by atoms with E-state index in [2.05, 4.69) is 6.58 Å². The fourth-order valence-corrected chi connectivity index (χ4v) is 7.77. The molecule has 4 aliphatic carbocycles. The summed E-state index contributed by atoms with van der Waals surface area (Å²) in [5.41, 5.74) is -0.606. The second-order valence-electron chi connectivity index (χ2n) is 9.26. The van der Waals surface area contributed by atoms with Crippen LogP contribution in [-0.2, 0) is 19.1 Å². The molecule has 0 aromatic rings. The molecule has 0 radical (unpaired) electrons. The Balaban J connectivity index is 1.75. The maximum Gasteiger partial charge on any atom is 0.315 e.